The zero-order valence-electron chi connectivity index (χ0n) is 19.6. The first kappa shape index (κ1) is 23.5. The quantitative estimate of drug-likeness (QED) is 0.538. The molecule has 170 valence electrons. The first-order valence-electron chi connectivity index (χ1n) is 10.8. The van der Waals surface area contributed by atoms with Crippen LogP contribution in [0.1, 0.15) is 63.0 Å². The Morgan fingerprint density at radius 2 is 1.69 bits per heavy atom. The van der Waals surface area contributed by atoms with E-state index in [9.17, 15) is 14.7 Å². The predicted molar refractivity (Wildman–Crippen MR) is 129 cm³/mol. The molecule has 1 amide bonds. The van der Waals surface area contributed by atoms with Crippen molar-refractivity contribution in [3.8, 4) is 5.75 Å². The number of rotatable bonds is 5. The third-order valence-electron chi connectivity index (χ3n) is 5.37. The predicted octanol–water partition coefficient (Wildman–Crippen LogP) is 4.75. The number of aromatic amines is 1. The van der Waals surface area contributed by atoms with Gasteiger partial charge in [0.05, 0.1) is 6.61 Å². The Labute approximate surface area is 188 Å². The summed E-state index contributed by atoms with van der Waals surface area (Å²) < 4.78 is 5.82. The molecule has 2 aromatic carbocycles. The van der Waals surface area contributed by atoms with E-state index in [1.54, 1.807) is 24.3 Å². The van der Waals surface area contributed by atoms with Crippen molar-refractivity contribution in [2.75, 3.05) is 18.5 Å². The number of pyridine rings is 1. The number of ether oxygens (including phenoxy) is 1. The van der Waals surface area contributed by atoms with Gasteiger partial charge in [0, 0.05) is 28.9 Å². The molecular formula is C26H32N2O4. The van der Waals surface area contributed by atoms with Crippen LogP contribution in [0.2, 0.25) is 0 Å². The number of amides is 1. The molecule has 3 N–H and O–H groups in total. The molecule has 0 saturated heterocycles. The van der Waals surface area contributed by atoms with E-state index in [1.165, 1.54) is 6.20 Å². The molecule has 1 heterocycles. The Balaban J connectivity index is 2.11. The minimum absolute atomic E-state index is 0.0429. The van der Waals surface area contributed by atoms with Crippen LogP contribution in [0.3, 0.4) is 0 Å². The molecule has 0 unspecified atom stereocenters. The highest BCUT2D eigenvalue weighted by Gasteiger charge is 2.27. The van der Waals surface area contributed by atoms with E-state index in [-0.39, 0.29) is 35.0 Å². The molecule has 0 aliphatic rings. The van der Waals surface area contributed by atoms with Gasteiger partial charge in [0.2, 0.25) is 5.43 Å². The lowest BCUT2D eigenvalue weighted by Gasteiger charge is -2.29. The lowest BCUT2D eigenvalue weighted by molar-refractivity contribution is 0.102. The molecule has 6 heteroatoms. The fourth-order valence-corrected chi connectivity index (χ4v) is 3.69. The fourth-order valence-electron chi connectivity index (χ4n) is 3.69. The zero-order valence-corrected chi connectivity index (χ0v) is 19.6. The van der Waals surface area contributed by atoms with E-state index in [0.717, 1.165) is 11.1 Å². The SMILES string of the molecule is CC(C)(C)c1cc(C(C)(C)C)c(OCCO)cc1NC(=O)c1c[nH]c2ccccc2c1=O. The van der Waals surface area contributed by atoms with Gasteiger partial charge in [0.25, 0.3) is 5.91 Å². The van der Waals surface area contributed by atoms with Gasteiger partial charge in [-0.2, -0.15) is 0 Å². The van der Waals surface area contributed by atoms with Crippen molar-refractivity contribution in [1.82, 2.24) is 4.98 Å². The number of benzene rings is 2. The van der Waals surface area contributed by atoms with Crippen LogP contribution in [0.5, 0.6) is 5.75 Å². The van der Waals surface area contributed by atoms with Gasteiger partial charge < -0.3 is 20.1 Å². The van der Waals surface area contributed by atoms with Crippen molar-refractivity contribution in [3.63, 3.8) is 0 Å². The smallest absolute Gasteiger partial charge is 0.261 e. The molecule has 32 heavy (non-hydrogen) atoms. The molecule has 1 aromatic heterocycles. The number of H-pyrrole nitrogens is 1. The Morgan fingerprint density at radius 3 is 2.31 bits per heavy atom. The molecule has 0 saturated carbocycles. The number of aliphatic hydroxyl groups is 1. The van der Waals surface area contributed by atoms with Gasteiger partial charge in [-0.1, -0.05) is 53.7 Å². The molecule has 0 radical (unpaired) electrons. The van der Waals surface area contributed by atoms with Crippen molar-refractivity contribution < 1.29 is 14.6 Å². The lowest BCUT2D eigenvalue weighted by Crippen LogP contribution is -2.25. The molecule has 0 aliphatic carbocycles. The third kappa shape index (κ3) is 4.86. The zero-order chi connectivity index (χ0) is 23.7. The summed E-state index contributed by atoms with van der Waals surface area (Å²) in [5.41, 5.74) is 2.42. The number of nitrogens with one attached hydrogen (secondary N) is 2. The fraction of sp³-hybridized carbons (Fsp3) is 0.385. The normalized spacial score (nSPS) is 12.1. The van der Waals surface area contributed by atoms with Gasteiger partial charge in [-0.15, -0.1) is 0 Å². The van der Waals surface area contributed by atoms with E-state index in [0.29, 0.717) is 22.3 Å². The number of carbonyl (C=O) groups is 1. The van der Waals surface area contributed by atoms with E-state index in [1.807, 2.05) is 12.1 Å². The topological polar surface area (TPSA) is 91.4 Å². The number of hydrogen-bond acceptors (Lipinski definition) is 4. The molecule has 0 aliphatic heterocycles. The minimum Gasteiger partial charge on any atom is -0.491 e. The van der Waals surface area contributed by atoms with Gasteiger partial charge in [0.15, 0.2) is 0 Å². The Hall–Kier alpha value is -3.12. The standard InChI is InChI=1S/C26H32N2O4/c1-25(2,3)18-13-19(26(4,5)6)22(32-12-11-29)14-21(18)28-24(31)17-15-27-20-10-8-7-9-16(20)23(17)30/h7-10,13-15,29H,11-12H2,1-6H3,(H,27,30)(H,28,31). The highest BCUT2D eigenvalue weighted by molar-refractivity contribution is 6.06. The van der Waals surface area contributed by atoms with Crippen LogP contribution in [-0.2, 0) is 10.8 Å². The highest BCUT2D eigenvalue weighted by Crippen LogP contribution is 2.40. The van der Waals surface area contributed by atoms with Gasteiger partial charge in [-0.3, -0.25) is 9.59 Å². The van der Waals surface area contributed by atoms with Gasteiger partial charge in [-0.05, 0) is 40.2 Å². The monoisotopic (exact) mass is 436 g/mol. The number of hydrogen-bond donors (Lipinski definition) is 3. The molecule has 0 atom stereocenters. The Kier molecular flexibility index (Phi) is 6.46. The van der Waals surface area contributed by atoms with Crippen LogP contribution in [0.25, 0.3) is 10.9 Å². The summed E-state index contributed by atoms with van der Waals surface area (Å²) in [5, 5.41) is 12.6. The van der Waals surface area contributed by atoms with Crippen LogP contribution in [0.4, 0.5) is 5.69 Å². The number of anilines is 1. The second kappa shape index (κ2) is 8.79. The largest absolute Gasteiger partial charge is 0.491 e. The molecule has 0 bridgehead atoms. The minimum atomic E-state index is -0.487. The molecule has 3 rings (SSSR count). The second-order valence-electron chi connectivity index (χ2n) is 10.00. The summed E-state index contributed by atoms with van der Waals surface area (Å²) in [6.45, 7) is 12.5. The second-order valence-corrected chi connectivity index (χ2v) is 10.00. The molecule has 3 aromatic rings. The van der Waals surface area contributed by atoms with Crippen molar-refractivity contribution in [2.45, 2.75) is 52.4 Å². The number of aromatic nitrogens is 1. The lowest BCUT2D eigenvalue weighted by atomic mass is 9.79. The summed E-state index contributed by atoms with van der Waals surface area (Å²) >= 11 is 0. The van der Waals surface area contributed by atoms with Gasteiger partial charge in [0.1, 0.15) is 17.9 Å². The van der Waals surface area contributed by atoms with Crippen molar-refractivity contribution in [1.29, 1.82) is 0 Å². The number of aliphatic hydroxyl groups excluding tert-OH is 1. The van der Waals surface area contributed by atoms with Crippen LogP contribution < -0.4 is 15.5 Å². The van der Waals surface area contributed by atoms with E-state index in [2.05, 4.69) is 51.8 Å². The third-order valence-corrected chi connectivity index (χ3v) is 5.37. The molecule has 0 fully saturated rings. The Morgan fingerprint density at radius 1 is 1.03 bits per heavy atom. The Bertz CT molecular complexity index is 1200. The van der Waals surface area contributed by atoms with E-state index >= 15 is 0 Å². The van der Waals surface area contributed by atoms with E-state index in [4.69, 9.17) is 4.74 Å². The van der Waals surface area contributed by atoms with E-state index < -0.39 is 5.91 Å². The van der Waals surface area contributed by atoms with Crippen LogP contribution in [0, 0.1) is 0 Å². The maximum atomic E-state index is 13.2. The summed E-state index contributed by atoms with van der Waals surface area (Å²) in [6.07, 6.45) is 1.45. The molecule has 6 nitrogen and oxygen atoms in total. The highest BCUT2D eigenvalue weighted by atomic mass is 16.5. The maximum Gasteiger partial charge on any atom is 0.261 e. The summed E-state index contributed by atoms with van der Waals surface area (Å²) in [6, 6.07) is 10.9. The van der Waals surface area contributed by atoms with Crippen molar-refractivity contribution >= 4 is 22.5 Å². The first-order chi connectivity index (χ1) is 14.9. The summed E-state index contributed by atoms with van der Waals surface area (Å²) in [4.78, 5) is 29.1. The molecule has 0 spiro atoms. The summed E-state index contributed by atoms with van der Waals surface area (Å²) in [7, 11) is 0. The first-order valence-corrected chi connectivity index (χ1v) is 10.8. The van der Waals surface area contributed by atoms with Crippen LogP contribution in [-0.4, -0.2) is 29.2 Å². The van der Waals surface area contributed by atoms with Crippen LogP contribution in [0.15, 0.2) is 47.4 Å². The number of fused-ring (bicyclic) bond motifs is 1. The number of carbonyl (C=O) groups excluding carboxylic acids is 1. The summed E-state index contributed by atoms with van der Waals surface area (Å²) in [5.74, 6) is 0.112. The maximum absolute atomic E-state index is 13.2. The number of para-hydroxylation sites is 1. The van der Waals surface area contributed by atoms with Crippen molar-refractivity contribution in [2.24, 2.45) is 0 Å². The average Bonchev–Trinajstić information content (AvgIpc) is 2.70. The van der Waals surface area contributed by atoms with Gasteiger partial charge in [-0.25, -0.2) is 0 Å². The van der Waals surface area contributed by atoms with Crippen molar-refractivity contribution in [3.05, 3.63) is 69.5 Å². The average molecular weight is 437 g/mol. The van der Waals surface area contributed by atoms with Gasteiger partial charge >= 0.3 is 0 Å². The van der Waals surface area contributed by atoms with Crippen LogP contribution >= 0.6 is 0 Å². The molecular weight excluding hydrogens is 404 g/mol.